The third kappa shape index (κ3) is 4.72. The van der Waals surface area contributed by atoms with Crippen LogP contribution in [-0.4, -0.2) is 45.5 Å². The number of methoxy groups -OCH3 is 1. The lowest BCUT2D eigenvalue weighted by Gasteiger charge is -2.16. The Morgan fingerprint density at radius 1 is 1.00 bits per heavy atom. The molecule has 0 aliphatic rings. The van der Waals surface area contributed by atoms with E-state index in [4.69, 9.17) is 21.7 Å². The van der Waals surface area contributed by atoms with Gasteiger partial charge in [-0.2, -0.15) is 4.68 Å². The average Bonchev–Trinajstić information content (AvgIpc) is 3.04. The molecule has 8 heteroatoms. The normalized spacial score (nSPS) is 11.0. The van der Waals surface area contributed by atoms with Crippen LogP contribution in [0.5, 0.6) is 11.5 Å². The number of hydrogen-bond acceptors (Lipinski definition) is 6. The molecule has 0 aliphatic heterocycles. The third-order valence-corrected chi connectivity index (χ3v) is 4.40. The van der Waals surface area contributed by atoms with Crippen LogP contribution in [0.1, 0.15) is 12.5 Å². The molecule has 7 nitrogen and oxygen atoms in total. The monoisotopic (exact) mass is 385 g/mol. The van der Waals surface area contributed by atoms with Gasteiger partial charge in [0.2, 0.25) is 4.77 Å². The summed E-state index contributed by atoms with van der Waals surface area (Å²) in [5.41, 5.74) is 2.04. The van der Waals surface area contributed by atoms with Gasteiger partial charge in [0, 0.05) is 6.54 Å². The summed E-state index contributed by atoms with van der Waals surface area (Å²) < 4.78 is 14.5. The zero-order chi connectivity index (χ0) is 19.2. The predicted molar refractivity (Wildman–Crippen MR) is 106 cm³/mol. The quantitative estimate of drug-likeness (QED) is 0.555. The number of rotatable bonds is 8. The molecule has 0 amide bonds. The Morgan fingerprint density at radius 2 is 1.67 bits per heavy atom. The van der Waals surface area contributed by atoms with Crippen LogP contribution in [0.3, 0.4) is 0 Å². The molecule has 0 bridgehead atoms. The summed E-state index contributed by atoms with van der Waals surface area (Å²) >= 11 is 5.52. The first kappa shape index (κ1) is 19.1. The van der Waals surface area contributed by atoms with Crippen molar-refractivity contribution in [3.05, 3.63) is 58.9 Å². The smallest absolute Gasteiger partial charge is 0.221 e. The van der Waals surface area contributed by atoms with Gasteiger partial charge in [0.25, 0.3) is 0 Å². The number of hydrogen-bond donors (Lipinski definition) is 0. The van der Waals surface area contributed by atoms with Crippen LogP contribution in [0.25, 0.3) is 5.69 Å². The Labute approximate surface area is 163 Å². The van der Waals surface area contributed by atoms with Crippen molar-refractivity contribution in [1.82, 2.24) is 24.7 Å². The topological polar surface area (TPSA) is 57.3 Å². The molecule has 3 rings (SSSR count). The fourth-order valence-electron chi connectivity index (χ4n) is 2.70. The molecule has 0 saturated heterocycles. The van der Waals surface area contributed by atoms with Gasteiger partial charge >= 0.3 is 0 Å². The second-order valence-electron chi connectivity index (χ2n) is 6.10. The first-order valence-corrected chi connectivity index (χ1v) is 9.09. The van der Waals surface area contributed by atoms with Gasteiger partial charge in [-0.3, -0.25) is 4.90 Å². The van der Waals surface area contributed by atoms with Crippen LogP contribution in [0.4, 0.5) is 0 Å². The molecule has 1 aromatic heterocycles. The van der Waals surface area contributed by atoms with Crippen LogP contribution in [0.15, 0.2) is 48.5 Å². The third-order valence-electron chi connectivity index (χ3n) is 4.02. The summed E-state index contributed by atoms with van der Waals surface area (Å²) in [4.78, 5) is 2.12. The predicted octanol–water partition coefficient (Wildman–Crippen LogP) is 3.30. The molecule has 142 valence electrons. The molecule has 0 unspecified atom stereocenters. The van der Waals surface area contributed by atoms with Crippen LogP contribution in [-0.2, 0) is 13.2 Å². The maximum Gasteiger partial charge on any atom is 0.221 e. The van der Waals surface area contributed by atoms with Crippen LogP contribution in [0.2, 0.25) is 0 Å². The van der Waals surface area contributed by atoms with Gasteiger partial charge in [-0.1, -0.05) is 12.1 Å². The number of ether oxygens (including phenoxy) is 2. The Kier molecular flexibility index (Phi) is 6.20. The van der Waals surface area contributed by atoms with Crippen molar-refractivity contribution in [3.8, 4) is 17.2 Å². The van der Waals surface area contributed by atoms with Crippen molar-refractivity contribution in [2.24, 2.45) is 0 Å². The van der Waals surface area contributed by atoms with E-state index in [1.54, 1.807) is 16.5 Å². The van der Waals surface area contributed by atoms with E-state index in [1.807, 2.05) is 50.4 Å². The maximum atomic E-state index is 5.52. The van der Waals surface area contributed by atoms with Gasteiger partial charge in [-0.25, -0.2) is 4.68 Å². The van der Waals surface area contributed by atoms with Crippen molar-refractivity contribution in [2.75, 3.05) is 20.8 Å². The van der Waals surface area contributed by atoms with E-state index in [1.165, 1.54) is 5.56 Å². The summed E-state index contributed by atoms with van der Waals surface area (Å²) in [6.45, 7) is 3.96. The largest absolute Gasteiger partial charge is 0.497 e. The van der Waals surface area contributed by atoms with Gasteiger partial charge in [-0.05, 0) is 78.6 Å². The Hall–Kier alpha value is -2.71. The van der Waals surface area contributed by atoms with Crippen molar-refractivity contribution in [2.45, 2.75) is 20.1 Å². The summed E-state index contributed by atoms with van der Waals surface area (Å²) in [6, 6.07) is 15.6. The lowest BCUT2D eigenvalue weighted by Crippen LogP contribution is -2.22. The first-order chi connectivity index (χ1) is 13.1. The zero-order valence-electron chi connectivity index (χ0n) is 15.7. The van der Waals surface area contributed by atoms with Gasteiger partial charge in [0.05, 0.1) is 26.1 Å². The molecule has 0 fully saturated rings. The molecule has 27 heavy (non-hydrogen) atoms. The van der Waals surface area contributed by atoms with Crippen LogP contribution in [0, 0.1) is 4.77 Å². The average molecular weight is 385 g/mol. The lowest BCUT2D eigenvalue weighted by molar-refractivity contribution is 0.242. The summed E-state index contributed by atoms with van der Waals surface area (Å²) in [7, 11) is 3.65. The second-order valence-corrected chi connectivity index (χ2v) is 6.47. The number of nitrogens with zero attached hydrogens (tertiary/aromatic N) is 5. The van der Waals surface area contributed by atoms with E-state index >= 15 is 0 Å². The van der Waals surface area contributed by atoms with E-state index in [2.05, 4.69) is 27.5 Å². The lowest BCUT2D eigenvalue weighted by atomic mass is 10.2. The fraction of sp³-hybridized carbons (Fsp3) is 0.316. The molecule has 3 aromatic rings. The van der Waals surface area contributed by atoms with Gasteiger partial charge in [0.15, 0.2) is 0 Å². The molecule has 0 N–H and O–H groups in total. The zero-order valence-corrected chi connectivity index (χ0v) is 16.5. The van der Waals surface area contributed by atoms with E-state index < -0.39 is 0 Å². The summed E-state index contributed by atoms with van der Waals surface area (Å²) in [6.07, 6.45) is 0. The minimum atomic E-state index is 0.540. The first-order valence-electron chi connectivity index (χ1n) is 8.68. The SMILES string of the molecule is CCOc1ccc(CN(C)Cn2nnn(-c3ccc(OC)cc3)c2=S)cc1. The minimum Gasteiger partial charge on any atom is -0.497 e. The molecule has 0 aliphatic carbocycles. The number of aromatic nitrogens is 4. The molecule has 2 aromatic carbocycles. The maximum absolute atomic E-state index is 5.52. The van der Waals surface area contributed by atoms with E-state index in [0.29, 0.717) is 18.0 Å². The van der Waals surface area contributed by atoms with Crippen LogP contribution < -0.4 is 9.47 Å². The van der Waals surface area contributed by atoms with Gasteiger partial charge in [0.1, 0.15) is 11.5 Å². The standard InChI is InChI=1S/C19H23N5O2S/c1-4-26-18-9-5-15(6-10-18)13-22(2)14-23-19(27)24(21-20-23)16-7-11-17(25-3)12-8-16/h5-12H,4,13-14H2,1-3H3. The van der Waals surface area contributed by atoms with Crippen molar-refractivity contribution < 1.29 is 9.47 Å². The summed E-state index contributed by atoms with van der Waals surface area (Å²) in [5, 5.41) is 8.36. The Balaban J connectivity index is 1.66. The number of tetrazole rings is 1. The molecular weight excluding hydrogens is 362 g/mol. The van der Waals surface area contributed by atoms with Crippen LogP contribution >= 0.6 is 12.2 Å². The van der Waals surface area contributed by atoms with Gasteiger partial charge in [-0.15, -0.1) is 0 Å². The molecule has 1 heterocycles. The highest BCUT2D eigenvalue weighted by Crippen LogP contribution is 2.15. The summed E-state index contributed by atoms with van der Waals surface area (Å²) in [5.74, 6) is 1.67. The molecule has 0 radical (unpaired) electrons. The highest BCUT2D eigenvalue weighted by molar-refractivity contribution is 7.71. The molecule has 0 spiro atoms. The highest BCUT2D eigenvalue weighted by Gasteiger charge is 2.09. The second kappa shape index (κ2) is 8.79. The van der Waals surface area contributed by atoms with Crippen molar-refractivity contribution in [1.29, 1.82) is 0 Å². The van der Waals surface area contributed by atoms with E-state index in [0.717, 1.165) is 23.7 Å². The fourth-order valence-corrected chi connectivity index (χ4v) is 2.93. The number of benzene rings is 2. The van der Waals surface area contributed by atoms with E-state index in [9.17, 15) is 0 Å². The minimum absolute atomic E-state index is 0.540. The van der Waals surface area contributed by atoms with Crippen molar-refractivity contribution in [3.63, 3.8) is 0 Å². The molecule has 0 atom stereocenters. The van der Waals surface area contributed by atoms with Crippen molar-refractivity contribution >= 4 is 12.2 Å². The molecular formula is C19H23N5O2S. The Bertz CT molecular complexity index is 919. The van der Waals surface area contributed by atoms with E-state index in [-0.39, 0.29) is 0 Å². The van der Waals surface area contributed by atoms with Gasteiger partial charge < -0.3 is 9.47 Å². The molecule has 0 saturated carbocycles. The Morgan fingerprint density at radius 3 is 2.30 bits per heavy atom. The highest BCUT2D eigenvalue weighted by atomic mass is 32.1.